The third kappa shape index (κ3) is 2.64. The van der Waals surface area contributed by atoms with Crippen LogP contribution in [0.4, 0.5) is 5.82 Å². The van der Waals surface area contributed by atoms with E-state index < -0.39 is 0 Å². The van der Waals surface area contributed by atoms with Gasteiger partial charge >= 0.3 is 0 Å². The van der Waals surface area contributed by atoms with Gasteiger partial charge in [-0.25, -0.2) is 4.98 Å². The van der Waals surface area contributed by atoms with Gasteiger partial charge in [0.25, 0.3) is 0 Å². The van der Waals surface area contributed by atoms with Gasteiger partial charge in [0.2, 0.25) is 0 Å². The second-order valence-corrected chi connectivity index (χ2v) is 6.39. The second-order valence-electron chi connectivity index (χ2n) is 5.52. The van der Waals surface area contributed by atoms with Crippen molar-refractivity contribution >= 4 is 22.1 Å². The molecule has 104 valence electrons. The minimum atomic E-state index is 0.671. The van der Waals surface area contributed by atoms with Crippen molar-refractivity contribution in [2.45, 2.75) is 57.8 Å². The highest BCUT2D eigenvalue weighted by molar-refractivity contribution is 7.15. The summed E-state index contributed by atoms with van der Waals surface area (Å²) in [5, 5.41) is 5.75. The van der Waals surface area contributed by atoms with Crippen molar-refractivity contribution in [3.63, 3.8) is 0 Å². The van der Waals surface area contributed by atoms with Gasteiger partial charge in [-0.1, -0.05) is 32.6 Å². The van der Waals surface area contributed by atoms with Crippen LogP contribution in [0, 0.1) is 0 Å². The number of fused-ring (bicyclic) bond motifs is 1. The minimum Gasteiger partial charge on any atom is -0.370 e. The molecule has 19 heavy (non-hydrogen) atoms. The lowest BCUT2D eigenvalue weighted by Crippen LogP contribution is -2.10. The Morgan fingerprint density at radius 2 is 2.21 bits per heavy atom. The molecule has 0 radical (unpaired) electrons. The molecule has 2 heterocycles. The number of unbranched alkanes of at least 4 members (excludes halogenated alkanes) is 1. The predicted octanol–water partition coefficient (Wildman–Crippen LogP) is 4.66. The molecule has 0 aromatic carbocycles. The van der Waals surface area contributed by atoms with Crippen LogP contribution >= 0.6 is 11.3 Å². The van der Waals surface area contributed by atoms with E-state index in [-0.39, 0.29) is 0 Å². The number of thiazole rings is 1. The molecular weight excluding hydrogens is 254 g/mol. The summed E-state index contributed by atoms with van der Waals surface area (Å²) in [6, 6.07) is 0. The first kappa shape index (κ1) is 13.0. The summed E-state index contributed by atoms with van der Waals surface area (Å²) in [5.74, 6) is 1.93. The Hall–Kier alpha value is -1.03. The standard InChI is InChI=1S/C15H23N3S/c1-2-3-9-16-14-13(12-7-5-4-6-8-12)17-15-18(14)10-11-19-15/h10-12,16H,2-9H2,1H3. The average Bonchev–Trinajstić information content (AvgIpc) is 3.02. The van der Waals surface area contributed by atoms with Crippen LogP contribution in [-0.4, -0.2) is 15.9 Å². The molecule has 2 aromatic heterocycles. The van der Waals surface area contributed by atoms with Crippen LogP contribution < -0.4 is 5.32 Å². The fourth-order valence-electron chi connectivity index (χ4n) is 3.02. The van der Waals surface area contributed by atoms with Crippen LogP contribution in [0.5, 0.6) is 0 Å². The lowest BCUT2D eigenvalue weighted by atomic mass is 9.87. The van der Waals surface area contributed by atoms with Crippen LogP contribution in [0.25, 0.3) is 4.96 Å². The van der Waals surface area contributed by atoms with Crippen molar-refractivity contribution < 1.29 is 0 Å². The van der Waals surface area contributed by atoms with Gasteiger partial charge in [0, 0.05) is 24.0 Å². The molecule has 3 nitrogen and oxygen atoms in total. The Morgan fingerprint density at radius 1 is 1.37 bits per heavy atom. The molecule has 1 aliphatic carbocycles. The molecule has 0 aliphatic heterocycles. The first-order valence-corrected chi connectivity index (χ1v) is 8.47. The summed E-state index contributed by atoms with van der Waals surface area (Å²) in [4.78, 5) is 6.03. The number of hydrogen-bond donors (Lipinski definition) is 1. The number of rotatable bonds is 5. The van der Waals surface area contributed by atoms with E-state index in [0.29, 0.717) is 5.92 Å². The number of nitrogens with one attached hydrogen (secondary N) is 1. The summed E-state index contributed by atoms with van der Waals surface area (Å²) in [7, 11) is 0. The molecule has 0 unspecified atom stereocenters. The Labute approximate surface area is 119 Å². The van der Waals surface area contributed by atoms with E-state index in [4.69, 9.17) is 4.98 Å². The molecule has 2 aromatic rings. The molecule has 0 amide bonds. The van der Waals surface area contributed by atoms with E-state index >= 15 is 0 Å². The number of hydrogen-bond acceptors (Lipinski definition) is 3. The fraction of sp³-hybridized carbons (Fsp3) is 0.667. The van der Waals surface area contributed by atoms with Gasteiger partial charge in [-0.2, -0.15) is 0 Å². The minimum absolute atomic E-state index is 0.671. The summed E-state index contributed by atoms with van der Waals surface area (Å²) in [6.45, 7) is 3.29. The Bertz CT molecular complexity index is 522. The molecular formula is C15H23N3S. The quantitative estimate of drug-likeness (QED) is 0.806. The molecule has 0 bridgehead atoms. The topological polar surface area (TPSA) is 29.3 Å². The number of nitrogens with zero attached hydrogens (tertiary/aromatic N) is 2. The molecule has 0 atom stereocenters. The molecule has 1 fully saturated rings. The maximum absolute atomic E-state index is 4.89. The highest BCUT2D eigenvalue weighted by Gasteiger charge is 2.23. The van der Waals surface area contributed by atoms with E-state index in [1.54, 1.807) is 11.3 Å². The van der Waals surface area contributed by atoms with Gasteiger partial charge in [0.05, 0.1) is 5.69 Å². The zero-order valence-electron chi connectivity index (χ0n) is 11.7. The van der Waals surface area contributed by atoms with Crippen LogP contribution in [0.15, 0.2) is 11.6 Å². The Balaban J connectivity index is 1.88. The Kier molecular flexibility index (Phi) is 4.06. The van der Waals surface area contributed by atoms with Crippen molar-refractivity contribution in [3.05, 3.63) is 17.3 Å². The maximum atomic E-state index is 4.89. The van der Waals surface area contributed by atoms with E-state index in [9.17, 15) is 0 Å². The maximum Gasteiger partial charge on any atom is 0.195 e. The first-order chi connectivity index (χ1) is 9.40. The molecule has 4 heteroatoms. The molecule has 1 N–H and O–H groups in total. The van der Waals surface area contributed by atoms with Crippen LogP contribution in [0.3, 0.4) is 0 Å². The first-order valence-electron chi connectivity index (χ1n) is 7.59. The molecule has 0 spiro atoms. The van der Waals surface area contributed by atoms with Gasteiger partial charge in [-0.15, -0.1) is 11.3 Å². The van der Waals surface area contributed by atoms with Crippen molar-refractivity contribution in [3.8, 4) is 0 Å². The molecule has 3 rings (SSSR count). The van der Waals surface area contributed by atoms with E-state index in [2.05, 4.69) is 28.2 Å². The SMILES string of the molecule is CCCCNc1c(C2CCCCC2)nc2sccn12. The normalized spacial score (nSPS) is 17.1. The van der Waals surface area contributed by atoms with E-state index in [0.717, 1.165) is 11.5 Å². The largest absolute Gasteiger partial charge is 0.370 e. The van der Waals surface area contributed by atoms with Crippen molar-refractivity contribution in [1.29, 1.82) is 0 Å². The number of anilines is 1. The van der Waals surface area contributed by atoms with Crippen molar-refractivity contribution in [2.75, 3.05) is 11.9 Å². The van der Waals surface area contributed by atoms with E-state index in [1.807, 2.05) is 0 Å². The molecule has 1 saturated carbocycles. The van der Waals surface area contributed by atoms with E-state index in [1.165, 1.54) is 56.5 Å². The van der Waals surface area contributed by atoms with Gasteiger partial charge in [0.1, 0.15) is 5.82 Å². The summed E-state index contributed by atoms with van der Waals surface area (Å²) in [6.07, 6.45) is 11.4. The summed E-state index contributed by atoms with van der Waals surface area (Å²) < 4.78 is 2.24. The van der Waals surface area contributed by atoms with Crippen LogP contribution in [0.2, 0.25) is 0 Å². The second kappa shape index (κ2) is 5.95. The fourth-order valence-corrected chi connectivity index (χ4v) is 3.74. The van der Waals surface area contributed by atoms with Gasteiger partial charge in [-0.3, -0.25) is 4.40 Å². The van der Waals surface area contributed by atoms with Crippen molar-refractivity contribution in [2.24, 2.45) is 0 Å². The van der Waals surface area contributed by atoms with Crippen LogP contribution in [0.1, 0.15) is 63.5 Å². The average molecular weight is 277 g/mol. The number of aromatic nitrogens is 2. The third-order valence-corrected chi connectivity index (χ3v) is 4.86. The third-order valence-electron chi connectivity index (χ3n) is 4.10. The van der Waals surface area contributed by atoms with Gasteiger partial charge < -0.3 is 5.32 Å². The monoisotopic (exact) mass is 277 g/mol. The molecule has 0 saturated heterocycles. The Morgan fingerprint density at radius 3 is 3.00 bits per heavy atom. The highest BCUT2D eigenvalue weighted by Crippen LogP contribution is 2.37. The summed E-state index contributed by atoms with van der Waals surface area (Å²) >= 11 is 1.74. The van der Waals surface area contributed by atoms with Gasteiger partial charge in [0.15, 0.2) is 4.96 Å². The van der Waals surface area contributed by atoms with Crippen molar-refractivity contribution in [1.82, 2.24) is 9.38 Å². The lowest BCUT2D eigenvalue weighted by molar-refractivity contribution is 0.438. The highest BCUT2D eigenvalue weighted by atomic mass is 32.1. The summed E-state index contributed by atoms with van der Waals surface area (Å²) in [5.41, 5.74) is 1.32. The zero-order valence-corrected chi connectivity index (χ0v) is 12.5. The zero-order chi connectivity index (χ0) is 13.1. The van der Waals surface area contributed by atoms with Crippen LogP contribution in [-0.2, 0) is 0 Å². The smallest absolute Gasteiger partial charge is 0.195 e. The number of imidazole rings is 1. The lowest BCUT2D eigenvalue weighted by Gasteiger charge is -2.21. The van der Waals surface area contributed by atoms with Gasteiger partial charge in [-0.05, 0) is 19.3 Å². The molecule has 1 aliphatic rings. The predicted molar refractivity (Wildman–Crippen MR) is 82.3 cm³/mol.